The predicted molar refractivity (Wildman–Crippen MR) is 145 cm³/mol. The second kappa shape index (κ2) is 13.9. The first-order chi connectivity index (χ1) is 17.3. The van der Waals surface area contributed by atoms with E-state index in [1.54, 1.807) is 67.8 Å². The molecule has 0 fully saturated rings. The summed E-state index contributed by atoms with van der Waals surface area (Å²) in [6, 6.07) is 11.9. The molecule has 0 radical (unpaired) electrons. The highest BCUT2D eigenvalue weighted by molar-refractivity contribution is 6.31. The molecule has 1 aliphatic rings. The van der Waals surface area contributed by atoms with Crippen molar-refractivity contribution >= 4 is 52.7 Å². The smallest absolute Gasteiger partial charge is 0.272 e. The van der Waals surface area contributed by atoms with Crippen LogP contribution in [0.1, 0.15) is 25.0 Å². The van der Waals surface area contributed by atoms with Crippen LogP contribution in [-0.4, -0.2) is 51.2 Å². The molecule has 1 aliphatic heterocycles. The van der Waals surface area contributed by atoms with E-state index in [4.69, 9.17) is 22.1 Å². The van der Waals surface area contributed by atoms with Gasteiger partial charge in [0.25, 0.3) is 6.43 Å². The molecule has 2 aromatic carbocycles. The number of hydrogen-bond donors (Lipinski definition) is 1. The molecule has 0 saturated heterocycles. The Hall–Kier alpha value is -3.85. The van der Waals surface area contributed by atoms with Crippen molar-refractivity contribution in [3.8, 4) is 0 Å². The summed E-state index contributed by atoms with van der Waals surface area (Å²) in [6.45, 7) is 3.17. The average Bonchev–Trinajstić information content (AvgIpc) is 2.88. The van der Waals surface area contributed by atoms with Crippen molar-refractivity contribution in [2.45, 2.75) is 20.3 Å². The van der Waals surface area contributed by atoms with E-state index >= 15 is 0 Å². The van der Waals surface area contributed by atoms with Crippen LogP contribution in [0.5, 0.6) is 0 Å². The number of ether oxygens (including phenoxy) is 1. The van der Waals surface area contributed by atoms with Gasteiger partial charge in [0.1, 0.15) is 11.4 Å². The third-order valence-electron chi connectivity index (χ3n) is 4.70. The summed E-state index contributed by atoms with van der Waals surface area (Å²) in [5.74, 6) is -0.0563. The van der Waals surface area contributed by atoms with E-state index in [0.29, 0.717) is 34.0 Å². The molecular formula is C26H28ClF2N5O2. The number of nitrogens with zero attached hydrogens (tertiary/aromatic N) is 4. The van der Waals surface area contributed by atoms with Crippen molar-refractivity contribution in [1.29, 1.82) is 0 Å². The van der Waals surface area contributed by atoms with E-state index in [2.05, 4.69) is 15.1 Å². The first-order valence-electron chi connectivity index (χ1n) is 11.1. The molecule has 0 aliphatic carbocycles. The van der Waals surface area contributed by atoms with Gasteiger partial charge < -0.3 is 10.5 Å². The van der Waals surface area contributed by atoms with Gasteiger partial charge in [0.2, 0.25) is 5.90 Å². The van der Waals surface area contributed by atoms with Crippen LogP contribution in [0.2, 0.25) is 5.02 Å². The summed E-state index contributed by atoms with van der Waals surface area (Å²) in [4.78, 5) is 20.4. The van der Waals surface area contributed by atoms with Gasteiger partial charge in [-0.25, -0.2) is 13.8 Å². The molecule has 2 aromatic rings. The number of hydrazone groups is 1. The quantitative estimate of drug-likeness (QED) is 0.169. The van der Waals surface area contributed by atoms with Gasteiger partial charge in [-0.05, 0) is 42.0 Å². The van der Waals surface area contributed by atoms with E-state index in [1.165, 1.54) is 6.08 Å². The SMILES string of the molecule is CC.CN=Cc1cc(N(C)/N=C2/C=CC(OCC(F)F)=N/C2=C(/C=O)c2ccc(Cl)cc2)ccc1N. The van der Waals surface area contributed by atoms with Gasteiger partial charge in [-0.15, -0.1) is 0 Å². The second-order valence-electron chi connectivity index (χ2n) is 7.08. The Balaban J connectivity index is 0.00000222. The van der Waals surface area contributed by atoms with E-state index in [-0.39, 0.29) is 17.2 Å². The number of halogens is 3. The van der Waals surface area contributed by atoms with Crippen LogP contribution >= 0.6 is 11.6 Å². The zero-order valence-corrected chi connectivity index (χ0v) is 21.2. The molecule has 36 heavy (non-hydrogen) atoms. The Labute approximate surface area is 214 Å². The highest BCUT2D eigenvalue weighted by Crippen LogP contribution is 2.26. The van der Waals surface area contributed by atoms with Crippen molar-refractivity contribution < 1.29 is 18.3 Å². The summed E-state index contributed by atoms with van der Waals surface area (Å²) < 4.78 is 30.3. The van der Waals surface area contributed by atoms with Crippen LogP contribution < -0.4 is 10.7 Å². The second-order valence-corrected chi connectivity index (χ2v) is 7.52. The van der Waals surface area contributed by atoms with E-state index < -0.39 is 13.0 Å². The van der Waals surface area contributed by atoms with Crippen molar-refractivity contribution in [3.05, 3.63) is 76.5 Å². The number of nitrogens with two attached hydrogens (primary N) is 1. The van der Waals surface area contributed by atoms with Gasteiger partial charge >= 0.3 is 0 Å². The van der Waals surface area contributed by atoms with Crippen LogP contribution in [0.3, 0.4) is 0 Å². The summed E-state index contributed by atoms with van der Waals surface area (Å²) in [7, 11) is 3.36. The fourth-order valence-corrected chi connectivity index (χ4v) is 3.19. The number of carbonyl (C=O) groups is 1. The van der Waals surface area contributed by atoms with E-state index in [1.807, 2.05) is 19.9 Å². The Morgan fingerprint density at radius 3 is 2.50 bits per heavy atom. The summed E-state index contributed by atoms with van der Waals surface area (Å²) in [5, 5.41) is 6.66. The molecule has 0 unspecified atom stereocenters. The number of dihydropyridines is 1. The lowest BCUT2D eigenvalue weighted by molar-refractivity contribution is -0.103. The number of anilines is 2. The maximum atomic E-state index is 12.6. The minimum absolute atomic E-state index is 0.0563. The van der Waals surface area contributed by atoms with E-state index in [0.717, 1.165) is 5.56 Å². The Morgan fingerprint density at radius 1 is 1.19 bits per heavy atom. The largest absolute Gasteiger partial charge is 0.472 e. The minimum Gasteiger partial charge on any atom is -0.472 e. The van der Waals surface area contributed by atoms with Crippen LogP contribution in [0.4, 0.5) is 20.2 Å². The molecule has 7 nitrogen and oxygen atoms in total. The van der Waals surface area contributed by atoms with Gasteiger partial charge in [-0.1, -0.05) is 37.6 Å². The third kappa shape index (κ3) is 7.58. The first-order valence-corrected chi connectivity index (χ1v) is 11.5. The molecule has 0 saturated carbocycles. The number of rotatable bonds is 7. The number of benzene rings is 2. The number of alkyl halides is 2. The molecule has 0 spiro atoms. The van der Waals surface area contributed by atoms with Gasteiger partial charge in [-0.2, -0.15) is 5.10 Å². The maximum absolute atomic E-state index is 12.6. The fourth-order valence-electron chi connectivity index (χ4n) is 3.07. The van der Waals surface area contributed by atoms with Crippen LogP contribution in [0.25, 0.3) is 5.57 Å². The van der Waals surface area contributed by atoms with Crippen LogP contribution in [-0.2, 0) is 9.53 Å². The molecule has 0 atom stereocenters. The van der Waals surface area contributed by atoms with Gasteiger partial charge in [-0.3, -0.25) is 14.8 Å². The molecule has 1 heterocycles. The molecule has 0 bridgehead atoms. The minimum atomic E-state index is -2.67. The van der Waals surface area contributed by atoms with Crippen LogP contribution in [0, 0.1) is 0 Å². The number of nitrogen functional groups attached to an aromatic ring is 1. The lowest BCUT2D eigenvalue weighted by atomic mass is 10.0. The topological polar surface area (TPSA) is 92.6 Å². The maximum Gasteiger partial charge on any atom is 0.272 e. The molecule has 190 valence electrons. The number of aldehydes is 1. The molecule has 0 amide bonds. The lowest BCUT2D eigenvalue weighted by Gasteiger charge is -2.19. The highest BCUT2D eigenvalue weighted by Gasteiger charge is 2.20. The van der Waals surface area contributed by atoms with E-state index in [9.17, 15) is 13.6 Å². The molecule has 10 heteroatoms. The summed E-state index contributed by atoms with van der Waals surface area (Å²) in [6.07, 6.45) is 2.55. The Kier molecular flexibility index (Phi) is 11.0. The zero-order valence-electron chi connectivity index (χ0n) is 20.5. The number of aliphatic imine (C=N–C) groups is 2. The summed E-state index contributed by atoms with van der Waals surface area (Å²) >= 11 is 5.97. The fraction of sp³-hybridized carbons (Fsp3) is 0.231. The van der Waals surface area contributed by atoms with Crippen molar-refractivity contribution in [2.75, 3.05) is 31.4 Å². The van der Waals surface area contributed by atoms with Gasteiger partial charge in [0.15, 0.2) is 12.9 Å². The molecular weight excluding hydrogens is 488 g/mol. The van der Waals surface area contributed by atoms with Gasteiger partial charge in [0.05, 0.1) is 5.69 Å². The standard InChI is InChI=1S/C24H22ClF2N5O2.C2H6/c1-29-12-16-11-18(7-8-20(16)28)32(2)31-21-9-10-23(34-14-22(26)27)30-24(21)19(13-33)15-3-5-17(25)6-4-15;1-2/h3-13,22H,14,28H2,1-2H3;1-2H3/b24-19-,29-12?,31-21-;. The highest BCUT2D eigenvalue weighted by atomic mass is 35.5. The number of allylic oxidation sites excluding steroid dienone is 2. The average molecular weight is 516 g/mol. The summed E-state index contributed by atoms with van der Waals surface area (Å²) in [5.41, 5.74) is 9.19. The first kappa shape index (κ1) is 28.4. The van der Waals surface area contributed by atoms with Crippen LogP contribution in [0.15, 0.2) is 75.4 Å². The predicted octanol–water partition coefficient (Wildman–Crippen LogP) is 5.65. The normalized spacial score (nSPS) is 15.4. The molecule has 2 N–H and O–H groups in total. The third-order valence-corrected chi connectivity index (χ3v) is 4.96. The molecule has 0 aromatic heterocycles. The van der Waals surface area contributed by atoms with Crippen molar-refractivity contribution in [3.63, 3.8) is 0 Å². The zero-order chi connectivity index (χ0) is 26.7. The Bertz CT molecular complexity index is 1210. The number of carbonyl (C=O) groups excluding carboxylic acids is 1. The van der Waals surface area contributed by atoms with Crippen molar-refractivity contribution in [1.82, 2.24) is 0 Å². The molecule has 3 rings (SSSR count). The Morgan fingerprint density at radius 2 is 1.89 bits per heavy atom. The van der Waals surface area contributed by atoms with Gasteiger partial charge in [0, 0.05) is 48.2 Å². The monoisotopic (exact) mass is 515 g/mol. The number of hydrogen-bond acceptors (Lipinski definition) is 7. The lowest BCUT2D eigenvalue weighted by Crippen LogP contribution is -2.19. The van der Waals surface area contributed by atoms with Crippen molar-refractivity contribution in [2.24, 2.45) is 15.1 Å².